The van der Waals surface area contributed by atoms with Crippen molar-refractivity contribution in [1.82, 2.24) is 0 Å². The second-order valence-electron chi connectivity index (χ2n) is 3.76. The molecule has 0 aliphatic rings. The fourth-order valence-corrected chi connectivity index (χ4v) is 1.55. The largest absolute Gasteiger partial charge is 0.303 e. The van der Waals surface area contributed by atoms with Crippen LogP contribution in [0.3, 0.4) is 0 Å². The average molecular weight is 176 g/mol. The third-order valence-electron chi connectivity index (χ3n) is 2.41. The smallest absolute Gasteiger partial charge is 0.127 e. The Bertz CT molecular complexity index is 289. The molecule has 0 N–H and O–H groups in total. The maximum Gasteiger partial charge on any atom is 0.127 e. The van der Waals surface area contributed by atoms with Gasteiger partial charge in [0, 0.05) is 5.92 Å². The Balaban J connectivity index is 3.04. The van der Waals surface area contributed by atoms with Gasteiger partial charge in [0.15, 0.2) is 0 Å². The summed E-state index contributed by atoms with van der Waals surface area (Å²) >= 11 is 0. The van der Waals surface area contributed by atoms with E-state index < -0.39 is 0 Å². The fraction of sp³-hybridized carbons (Fsp3) is 0.417. The maximum atomic E-state index is 10.9. The molecule has 0 bridgehead atoms. The Labute approximate surface area is 79.8 Å². The molecule has 1 aromatic rings. The molecule has 0 aliphatic carbocycles. The number of aldehydes is 1. The van der Waals surface area contributed by atoms with Crippen molar-refractivity contribution in [3.05, 3.63) is 35.4 Å². The molecule has 0 aromatic heterocycles. The van der Waals surface area contributed by atoms with Crippen LogP contribution in [0, 0.1) is 12.8 Å². The van der Waals surface area contributed by atoms with Gasteiger partial charge in [-0.15, -0.1) is 0 Å². The lowest BCUT2D eigenvalue weighted by Gasteiger charge is -2.16. The molecule has 0 radical (unpaired) electrons. The Kier molecular flexibility index (Phi) is 3.24. The van der Waals surface area contributed by atoms with Crippen molar-refractivity contribution in [1.29, 1.82) is 0 Å². The molecule has 1 nitrogen and oxygen atoms in total. The van der Waals surface area contributed by atoms with Gasteiger partial charge in [0.1, 0.15) is 6.29 Å². The van der Waals surface area contributed by atoms with Crippen LogP contribution in [-0.2, 0) is 4.79 Å². The first-order valence-electron chi connectivity index (χ1n) is 4.67. The van der Waals surface area contributed by atoms with Crippen molar-refractivity contribution in [3.8, 4) is 0 Å². The maximum absolute atomic E-state index is 10.9. The van der Waals surface area contributed by atoms with Gasteiger partial charge in [0.25, 0.3) is 0 Å². The van der Waals surface area contributed by atoms with Crippen LogP contribution in [0.25, 0.3) is 0 Å². The minimum Gasteiger partial charge on any atom is -0.303 e. The van der Waals surface area contributed by atoms with Gasteiger partial charge < -0.3 is 4.79 Å². The van der Waals surface area contributed by atoms with E-state index in [1.165, 1.54) is 5.56 Å². The molecule has 1 rings (SSSR count). The minimum absolute atomic E-state index is 0.0428. The summed E-state index contributed by atoms with van der Waals surface area (Å²) in [6.07, 6.45) is 1.05. The summed E-state index contributed by atoms with van der Waals surface area (Å²) in [6.45, 7) is 6.20. The highest BCUT2D eigenvalue weighted by atomic mass is 16.1. The lowest BCUT2D eigenvalue weighted by molar-refractivity contribution is -0.109. The Hall–Kier alpha value is -1.11. The van der Waals surface area contributed by atoms with E-state index in [2.05, 4.69) is 13.8 Å². The van der Waals surface area contributed by atoms with Crippen LogP contribution in [0.1, 0.15) is 30.9 Å². The first-order chi connectivity index (χ1) is 6.16. The van der Waals surface area contributed by atoms with Gasteiger partial charge in [-0.2, -0.15) is 0 Å². The van der Waals surface area contributed by atoms with Crippen LogP contribution < -0.4 is 0 Å². The number of aryl methyl sites for hydroxylation is 1. The number of rotatable bonds is 3. The zero-order valence-corrected chi connectivity index (χ0v) is 8.45. The number of benzene rings is 1. The summed E-state index contributed by atoms with van der Waals surface area (Å²) in [5.41, 5.74) is 2.36. The third kappa shape index (κ3) is 2.18. The van der Waals surface area contributed by atoms with Gasteiger partial charge in [-0.05, 0) is 24.0 Å². The quantitative estimate of drug-likeness (QED) is 0.647. The fourth-order valence-electron chi connectivity index (χ4n) is 1.55. The van der Waals surface area contributed by atoms with E-state index >= 15 is 0 Å². The summed E-state index contributed by atoms with van der Waals surface area (Å²) in [7, 11) is 0. The van der Waals surface area contributed by atoms with Gasteiger partial charge in [0.05, 0.1) is 0 Å². The Morgan fingerprint density at radius 1 is 1.23 bits per heavy atom. The zero-order chi connectivity index (χ0) is 9.84. The first-order valence-corrected chi connectivity index (χ1v) is 4.67. The second-order valence-corrected chi connectivity index (χ2v) is 3.76. The van der Waals surface area contributed by atoms with Gasteiger partial charge in [0.2, 0.25) is 0 Å². The Morgan fingerprint density at radius 3 is 2.31 bits per heavy atom. The van der Waals surface area contributed by atoms with Crippen LogP contribution in [0.15, 0.2) is 24.3 Å². The van der Waals surface area contributed by atoms with Crippen LogP contribution in [0.2, 0.25) is 0 Å². The van der Waals surface area contributed by atoms with Crippen LogP contribution in [0.5, 0.6) is 0 Å². The zero-order valence-electron chi connectivity index (χ0n) is 8.45. The van der Waals surface area contributed by atoms with Crippen molar-refractivity contribution in [2.45, 2.75) is 26.7 Å². The van der Waals surface area contributed by atoms with Gasteiger partial charge >= 0.3 is 0 Å². The van der Waals surface area contributed by atoms with E-state index in [0.29, 0.717) is 5.92 Å². The predicted molar refractivity (Wildman–Crippen MR) is 54.8 cm³/mol. The number of carbonyl (C=O) groups excluding carboxylic acids is 1. The number of hydrogen-bond donors (Lipinski definition) is 0. The first kappa shape index (κ1) is 9.97. The topological polar surface area (TPSA) is 17.1 Å². The monoisotopic (exact) mass is 176 g/mol. The molecule has 0 spiro atoms. The Morgan fingerprint density at radius 2 is 1.85 bits per heavy atom. The van der Waals surface area contributed by atoms with E-state index in [0.717, 1.165) is 11.8 Å². The van der Waals surface area contributed by atoms with Gasteiger partial charge in [-0.25, -0.2) is 0 Å². The van der Waals surface area contributed by atoms with Gasteiger partial charge in [-0.3, -0.25) is 0 Å². The standard InChI is InChI=1S/C12H16O/c1-9(2)12(8-13)11-7-5-4-6-10(11)3/h4-9,12H,1-3H3/t12-/m0/s1. The average Bonchev–Trinajstić information content (AvgIpc) is 2.09. The highest BCUT2D eigenvalue weighted by molar-refractivity contribution is 5.63. The molecule has 0 fully saturated rings. The molecule has 0 unspecified atom stereocenters. The molecule has 1 aromatic carbocycles. The molecule has 0 heterocycles. The van der Waals surface area contributed by atoms with E-state index in [9.17, 15) is 4.79 Å². The van der Waals surface area contributed by atoms with Gasteiger partial charge in [-0.1, -0.05) is 38.1 Å². The lowest BCUT2D eigenvalue weighted by Crippen LogP contribution is -2.09. The molecule has 0 aliphatic heterocycles. The SMILES string of the molecule is Cc1ccccc1[C@@H](C=O)C(C)C. The summed E-state index contributed by atoms with van der Waals surface area (Å²) in [5, 5.41) is 0. The summed E-state index contributed by atoms with van der Waals surface area (Å²) in [5.74, 6) is 0.416. The van der Waals surface area contributed by atoms with Crippen molar-refractivity contribution >= 4 is 6.29 Å². The molecule has 0 saturated carbocycles. The molecular formula is C12H16O. The van der Waals surface area contributed by atoms with Crippen LogP contribution in [-0.4, -0.2) is 6.29 Å². The van der Waals surface area contributed by atoms with Crippen LogP contribution in [0.4, 0.5) is 0 Å². The normalized spacial score (nSPS) is 12.9. The minimum atomic E-state index is 0.0428. The third-order valence-corrected chi connectivity index (χ3v) is 2.41. The number of carbonyl (C=O) groups is 1. The summed E-state index contributed by atoms with van der Waals surface area (Å²) < 4.78 is 0. The second kappa shape index (κ2) is 4.22. The number of hydrogen-bond acceptors (Lipinski definition) is 1. The van der Waals surface area contributed by atoms with E-state index in [1.54, 1.807) is 0 Å². The van der Waals surface area contributed by atoms with E-state index in [-0.39, 0.29) is 5.92 Å². The summed E-state index contributed by atoms with van der Waals surface area (Å²) in [6, 6.07) is 8.07. The molecule has 13 heavy (non-hydrogen) atoms. The predicted octanol–water partition coefficient (Wildman–Crippen LogP) is 2.93. The molecular weight excluding hydrogens is 160 g/mol. The highest BCUT2D eigenvalue weighted by Gasteiger charge is 2.15. The molecule has 70 valence electrons. The van der Waals surface area contributed by atoms with Crippen molar-refractivity contribution in [2.75, 3.05) is 0 Å². The van der Waals surface area contributed by atoms with E-state index in [1.807, 2.05) is 31.2 Å². The van der Waals surface area contributed by atoms with Crippen molar-refractivity contribution in [2.24, 2.45) is 5.92 Å². The lowest BCUT2D eigenvalue weighted by atomic mass is 9.87. The van der Waals surface area contributed by atoms with Crippen LogP contribution >= 0.6 is 0 Å². The molecule has 0 amide bonds. The van der Waals surface area contributed by atoms with E-state index in [4.69, 9.17) is 0 Å². The van der Waals surface area contributed by atoms with Crippen molar-refractivity contribution in [3.63, 3.8) is 0 Å². The molecule has 1 atom stereocenters. The van der Waals surface area contributed by atoms with Crippen molar-refractivity contribution < 1.29 is 4.79 Å². The molecule has 0 saturated heterocycles. The summed E-state index contributed by atoms with van der Waals surface area (Å²) in [4.78, 5) is 10.9. The highest BCUT2D eigenvalue weighted by Crippen LogP contribution is 2.24. The molecule has 1 heteroatoms.